The molecule has 7 amide bonds. The summed E-state index contributed by atoms with van der Waals surface area (Å²) < 4.78 is 9.07. The number of amides is 7. The number of hydrogen-bond acceptors (Lipinski definition) is 20. The van der Waals surface area contributed by atoms with Gasteiger partial charge in [-0.25, -0.2) is 4.79 Å². The van der Waals surface area contributed by atoms with Crippen molar-refractivity contribution in [2.24, 2.45) is 0 Å². The molecule has 8 N–H and O–H groups in total. The van der Waals surface area contributed by atoms with Gasteiger partial charge in [0.2, 0.25) is 0 Å². The molecule has 8 aromatic rings. The van der Waals surface area contributed by atoms with E-state index in [1.807, 2.05) is 87.5 Å². The van der Waals surface area contributed by atoms with Crippen molar-refractivity contribution in [2.75, 3.05) is 105 Å². The van der Waals surface area contributed by atoms with Crippen molar-refractivity contribution in [3.05, 3.63) is 279 Å². The number of hydrogen-bond donors (Lipinski definition) is 8. The summed E-state index contributed by atoms with van der Waals surface area (Å²) in [5.74, 6) is -4.41. The number of alkyl carbamates (subject to hydrolysis) is 1. The van der Waals surface area contributed by atoms with Gasteiger partial charge in [-0.15, -0.1) is 18.9 Å². The van der Waals surface area contributed by atoms with Gasteiger partial charge in [0, 0.05) is 123 Å². The van der Waals surface area contributed by atoms with Crippen molar-refractivity contribution < 1.29 is 57.6 Å². The van der Waals surface area contributed by atoms with Gasteiger partial charge >= 0.3 is 6.09 Å². The molecule has 586 valence electrons. The van der Waals surface area contributed by atoms with Crippen LogP contribution in [0.4, 0.5) is 4.79 Å². The van der Waals surface area contributed by atoms with Crippen molar-refractivity contribution in [1.82, 2.24) is 76.2 Å². The molecule has 8 bridgehead atoms. The summed E-state index contributed by atoms with van der Waals surface area (Å²) in [4.78, 5) is 187. The minimum atomic E-state index is -0.925. The molecule has 0 spiro atoms. The third kappa shape index (κ3) is 24.4. The fourth-order valence-electron chi connectivity index (χ4n) is 12.2. The molecule has 0 saturated heterocycles. The van der Waals surface area contributed by atoms with Crippen molar-refractivity contribution >= 4 is 41.5 Å². The van der Waals surface area contributed by atoms with Crippen LogP contribution in [0.15, 0.2) is 195 Å². The van der Waals surface area contributed by atoms with Gasteiger partial charge in [-0.1, -0.05) is 127 Å². The van der Waals surface area contributed by atoms with Crippen LogP contribution in [0.1, 0.15) is 131 Å². The summed E-state index contributed by atoms with van der Waals surface area (Å²) >= 11 is 0. The first-order chi connectivity index (χ1) is 53.7. The van der Waals surface area contributed by atoms with E-state index in [0.29, 0.717) is 36.1 Å². The average Bonchev–Trinajstić information content (AvgIpc) is 0.816. The first-order valence-electron chi connectivity index (χ1n) is 37.0. The second-order valence-electron chi connectivity index (χ2n) is 27.4. The Bertz CT molecular complexity index is 4580. The third-order valence-electron chi connectivity index (χ3n) is 18.0. The monoisotopic (exact) mass is 1520 g/mol. The highest BCUT2D eigenvalue weighted by atomic mass is 16.7. The van der Waals surface area contributed by atoms with Crippen LogP contribution in [0, 0.1) is 0 Å². The maximum atomic E-state index is 14.8. The zero-order chi connectivity index (χ0) is 78.5. The van der Waals surface area contributed by atoms with Crippen molar-refractivity contribution in [3.8, 4) is 0 Å². The number of ether oxygens (including phenoxy) is 1. The van der Waals surface area contributed by atoms with Crippen LogP contribution in [-0.4, -0.2) is 192 Å². The Morgan fingerprint density at radius 3 is 1.32 bits per heavy atom. The van der Waals surface area contributed by atoms with Gasteiger partial charge in [0.1, 0.15) is 65.8 Å². The molecule has 12 aliphatic rings. The van der Waals surface area contributed by atoms with Gasteiger partial charge in [-0.3, -0.25) is 62.6 Å². The first kappa shape index (κ1) is 81.3. The highest BCUT2D eigenvalue weighted by molar-refractivity contribution is 5.98. The molecule has 20 rings (SSSR count). The van der Waals surface area contributed by atoms with E-state index in [1.54, 1.807) is 75.4 Å². The van der Waals surface area contributed by atoms with Gasteiger partial charge in [0.05, 0.1) is 5.69 Å². The van der Waals surface area contributed by atoms with Gasteiger partial charge in [0.25, 0.3) is 57.7 Å². The second kappa shape index (κ2) is 40.8. The molecule has 4 aromatic carbocycles. The smallest absolute Gasteiger partial charge is 0.407 e. The van der Waals surface area contributed by atoms with Crippen LogP contribution in [-0.2, 0) is 37.7 Å². The lowest BCUT2D eigenvalue weighted by Crippen LogP contribution is -2.50. The Morgan fingerprint density at radius 2 is 0.838 bits per heavy atom. The number of aromatic nitrogens is 4. The number of carbonyl (C=O) groups excluding carboxylic acids is 7. The molecule has 4 aromatic heterocycles. The van der Waals surface area contributed by atoms with Crippen LogP contribution in [0.3, 0.4) is 0 Å². The normalized spacial score (nSPS) is 16.4. The van der Waals surface area contributed by atoms with Crippen LogP contribution >= 0.6 is 0 Å². The maximum Gasteiger partial charge on any atom is 0.407 e. The second-order valence-corrected chi connectivity index (χ2v) is 27.4. The lowest BCUT2D eigenvalue weighted by atomic mass is 10.1. The SMILES string of the molecule is CC(C)(C)OC(=O)NCCCCC(CN1CCNC(=O)c2ccc(n(OCc3ccccc3)c2=O)CNCCN2CCNC(=O)c3ccc(c(=O)n3OCc3ccccc3)C(=O)NCCN(CCNC(=O)c3ccc(n(OCc4ccccc4)c3=O)C(=O)NCC2)CC1)NC(=O)c1cccc(=O)n1OCc1ccccc1. The van der Waals surface area contributed by atoms with Crippen molar-refractivity contribution in [2.45, 2.75) is 84.6 Å². The molecule has 0 radical (unpaired) electrons. The zero-order valence-corrected chi connectivity index (χ0v) is 62.5. The standard InChI is InChI=1S/C80H95N15O16/c1-80(2,3)111-79(106)87-36-17-16-27-61(88-75(102)66-28-18-29-69(96)93(66)108-54-58-21-10-5-11-22-58)52-91-48-42-84-70(97)63-31-30-62(92(76(63)103)107-53-57-19-8-4-9-20-57)51-81-37-43-89-44-40-85-73(100)67-34-32-64(77(104)94(67)109-55-59-23-12-6-13-24-59)71(98)82-38-46-90(49-50-91)47-39-83-72(99)65-33-35-68(74(101)86-41-45-89)95(78(65)105)110-56-60-25-14-7-15-26-60/h4-15,18-26,28-35,61,81H,16-17,27,36-56H2,1-3H3,(H,82,98)(H,83,99)(H,84,97)(H,85,100)(H,86,101)(H,87,106)(H,88,102). The van der Waals surface area contributed by atoms with Crippen LogP contribution in [0.2, 0.25) is 0 Å². The number of pyridine rings is 4. The number of unbranched alkanes of at least 4 members (excludes halogenated alkanes) is 1. The van der Waals surface area contributed by atoms with E-state index in [2.05, 4.69) is 42.5 Å². The van der Waals surface area contributed by atoms with E-state index in [1.165, 1.54) is 48.5 Å². The van der Waals surface area contributed by atoms with Crippen molar-refractivity contribution in [1.29, 1.82) is 0 Å². The highest BCUT2D eigenvalue weighted by Crippen LogP contribution is 2.13. The minimum Gasteiger partial charge on any atom is -0.444 e. The third-order valence-corrected chi connectivity index (χ3v) is 18.0. The molecular formula is C80H95N15O16. The van der Waals surface area contributed by atoms with Gasteiger partial charge in [0.15, 0.2) is 0 Å². The summed E-state index contributed by atoms with van der Waals surface area (Å²) in [5, 5.41) is 23.7. The van der Waals surface area contributed by atoms with Gasteiger partial charge < -0.3 is 66.6 Å². The molecule has 1 atom stereocenters. The maximum absolute atomic E-state index is 14.8. The predicted molar refractivity (Wildman–Crippen MR) is 412 cm³/mol. The Labute approximate surface area is 641 Å². The minimum absolute atomic E-state index is 0.0129. The van der Waals surface area contributed by atoms with E-state index < -0.39 is 75.4 Å². The van der Waals surface area contributed by atoms with E-state index in [0.717, 1.165) is 30.0 Å². The van der Waals surface area contributed by atoms with E-state index in [-0.39, 0.29) is 171 Å². The Morgan fingerprint density at radius 1 is 0.423 bits per heavy atom. The topological polar surface area (TPSA) is 360 Å². The summed E-state index contributed by atoms with van der Waals surface area (Å²) in [6, 6.07) is 47.7. The molecule has 31 nitrogen and oxygen atoms in total. The Balaban J connectivity index is 1.03. The lowest BCUT2D eigenvalue weighted by molar-refractivity contribution is 0.0525. The van der Waals surface area contributed by atoms with Gasteiger partial charge in [-0.05, 0) is 105 Å². The zero-order valence-electron chi connectivity index (χ0n) is 62.5. The number of rotatable bonds is 21. The quantitative estimate of drug-likeness (QED) is 0.0479. The summed E-state index contributed by atoms with van der Waals surface area (Å²) in [5.41, 5.74) is -2.26. The molecule has 31 heteroatoms. The number of benzene rings is 4. The number of carbonyl (C=O) groups is 7. The van der Waals surface area contributed by atoms with E-state index >= 15 is 0 Å². The van der Waals surface area contributed by atoms with E-state index in [4.69, 9.17) is 24.1 Å². The first-order valence-corrected chi connectivity index (χ1v) is 37.0. The summed E-state index contributed by atoms with van der Waals surface area (Å²) in [7, 11) is 0. The summed E-state index contributed by atoms with van der Waals surface area (Å²) in [6.07, 6.45) is 0.559. The highest BCUT2D eigenvalue weighted by Gasteiger charge is 2.27. The fourth-order valence-corrected chi connectivity index (χ4v) is 12.2. The Hall–Kier alpha value is -12.2. The largest absolute Gasteiger partial charge is 0.444 e. The molecule has 0 saturated carbocycles. The Kier molecular flexibility index (Phi) is 29.9. The van der Waals surface area contributed by atoms with Crippen LogP contribution in [0.5, 0.6) is 0 Å². The number of nitrogens with zero attached hydrogens (tertiary/aromatic N) is 7. The molecular weight excluding hydrogens is 1430 g/mol. The van der Waals surface area contributed by atoms with Crippen molar-refractivity contribution in [3.63, 3.8) is 0 Å². The molecule has 16 heterocycles. The molecule has 12 aliphatic heterocycles. The molecule has 111 heavy (non-hydrogen) atoms. The average molecular weight is 1520 g/mol. The molecule has 1 unspecified atom stereocenters. The fraction of sp³-hybridized carbons (Fsp3) is 0.362. The summed E-state index contributed by atoms with van der Waals surface area (Å²) in [6.45, 7) is 6.13. The van der Waals surface area contributed by atoms with Crippen LogP contribution in [0.25, 0.3) is 0 Å². The predicted octanol–water partition coefficient (Wildman–Crippen LogP) is 2.41. The number of nitrogens with one attached hydrogen (secondary N) is 8. The van der Waals surface area contributed by atoms with Gasteiger partial charge in [-0.2, -0.15) is 0 Å². The molecule has 0 aliphatic carbocycles. The molecule has 0 fully saturated rings. The van der Waals surface area contributed by atoms with E-state index in [9.17, 15) is 52.7 Å². The lowest BCUT2D eigenvalue weighted by Gasteiger charge is -2.31. The van der Waals surface area contributed by atoms with Crippen LogP contribution < -0.4 is 84.1 Å².